The summed E-state index contributed by atoms with van der Waals surface area (Å²) >= 11 is 0. The van der Waals surface area contributed by atoms with Crippen LogP contribution in [0.4, 0.5) is 5.82 Å². The lowest BCUT2D eigenvalue weighted by Crippen LogP contribution is -2.33. The standard InChI is InChI=1S/C17H19N3O4/c21-15(22)11-20-9-8-14(19-20)18-17(23)13-7-4-10-24-16(13)12-5-2-1-3-6-12/h1-3,5-6,8-9,13,16H,4,7,10-11H2,(H,21,22)(H,18,19,23)/t13-,16+/m1/s1. The number of carbonyl (C=O) groups excluding carboxylic acids is 1. The quantitative estimate of drug-likeness (QED) is 0.876. The molecule has 1 aromatic carbocycles. The minimum Gasteiger partial charge on any atom is -0.480 e. The van der Waals surface area contributed by atoms with E-state index in [1.54, 1.807) is 6.07 Å². The van der Waals surface area contributed by atoms with Crippen molar-refractivity contribution >= 4 is 17.7 Å². The SMILES string of the molecule is O=C(O)Cn1ccc(NC(=O)[C@@H]2CCCO[C@H]2c2ccccc2)n1. The number of hydrogen-bond donors (Lipinski definition) is 2. The van der Waals surface area contributed by atoms with Crippen molar-refractivity contribution in [3.8, 4) is 0 Å². The van der Waals surface area contributed by atoms with Gasteiger partial charge in [0.1, 0.15) is 6.54 Å². The van der Waals surface area contributed by atoms with Gasteiger partial charge in [-0.3, -0.25) is 14.3 Å². The second-order valence-electron chi connectivity index (χ2n) is 5.73. The molecule has 0 radical (unpaired) electrons. The van der Waals surface area contributed by atoms with Gasteiger partial charge in [-0.1, -0.05) is 30.3 Å². The van der Waals surface area contributed by atoms with Crippen molar-refractivity contribution in [3.63, 3.8) is 0 Å². The van der Waals surface area contributed by atoms with Crippen LogP contribution in [0.3, 0.4) is 0 Å². The van der Waals surface area contributed by atoms with Crippen molar-refractivity contribution in [2.75, 3.05) is 11.9 Å². The van der Waals surface area contributed by atoms with Crippen LogP contribution in [-0.4, -0.2) is 33.4 Å². The number of aromatic nitrogens is 2. The molecule has 1 fully saturated rings. The van der Waals surface area contributed by atoms with Gasteiger partial charge in [0.05, 0.1) is 12.0 Å². The highest BCUT2D eigenvalue weighted by atomic mass is 16.5. The van der Waals surface area contributed by atoms with Gasteiger partial charge in [0.2, 0.25) is 5.91 Å². The fraction of sp³-hybridized carbons (Fsp3) is 0.353. The molecular formula is C17H19N3O4. The summed E-state index contributed by atoms with van der Waals surface area (Å²) in [6.45, 7) is 0.394. The fourth-order valence-corrected chi connectivity index (χ4v) is 2.89. The highest BCUT2D eigenvalue weighted by Gasteiger charge is 2.33. The number of ether oxygens (including phenoxy) is 1. The Kier molecular flexibility index (Phi) is 4.90. The predicted octanol–water partition coefficient (Wildman–Crippen LogP) is 2.07. The molecule has 7 heteroatoms. The Balaban J connectivity index is 1.70. The molecule has 0 saturated carbocycles. The number of carboxylic acid groups (broad SMARTS) is 1. The fourth-order valence-electron chi connectivity index (χ4n) is 2.89. The number of carbonyl (C=O) groups is 2. The second-order valence-corrected chi connectivity index (χ2v) is 5.73. The first-order valence-corrected chi connectivity index (χ1v) is 7.86. The van der Waals surface area contributed by atoms with Crippen molar-refractivity contribution in [2.24, 2.45) is 5.92 Å². The lowest BCUT2D eigenvalue weighted by atomic mass is 9.89. The van der Waals surface area contributed by atoms with E-state index in [0.717, 1.165) is 18.4 Å². The van der Waals surface area contributed by atoms with Crippen molar-refractivity contribution in [2.45, 2.75) is 25.5 Å². The zero-order valence-corrected chi connectivity index (χ0v) is 13.1. The van der Waals surface area contributed by atoms with Crippen LogP contribution < -0.4 is 5.32 Å². The molecule has 0 unspecified atom stereocenters. The van der Waals surface area contributed by atoms with Gasteiger partial charge in [-0.05, 0) is 18.4 Å². The second kappa shape index (κ2) is 7.27. The average molecular weight is 329 g/mol. The van der Waals surface area contributed by atoms with Crippen molar-refractivity contribution in [3.05, 3.63) is 48.2 Å². The van der Waals surface area contributed by atoms with Gasteiger partial charge in [-0.15, -0.1) is 0 Å². The maximum atomic E-state index is 12.6. The zero-order valence-electron chi connectivity index (χ0n) is 13.1. The molecule has 2 atom stereocenters. The van der Waals surface area contributed by atoms with E-state index in [9.17, 15) is 9.59 Å². The largest absolute Gasteiger partial charge is 0.480 e. The van der Waals surface area contributed by atoms with Crippen LogP contribution >= 0.6 is 0 Å². The number of aliphatic carboxylic acids is 1. The van der Waals surface area contributed by atoms with Crippen LogP contribution in [0.5, 0.6) is 0 Å². The summed E-state index contributed by atoms with van der Waals surface area (Å²) in [6, 6.07) is 11.3. The normalized spacial score (nSPS) is 20.5. The van der Waals surface area contributed by atoms with Gasteiger partial charge in [0.25, 0.3) is 0 Å². The monoisotopic (exact) mass is 329 g/mol. The van der Waals surface area contributed by atoms with Crippen molar-refractivity contribution in [1.29, 1.82) is 0 Å². The third-order valence-corrected chi connectivity index (χ3v) is 3.98. The Morgan fingerprint density at radius 3 is 2.83 bits per heavy atom. The number of amides is 1. The number of nitrogens with one attached hydrogen (secondary N) is 1. The van der Waals surface area contributed by atoms with Gasteiger partial charge >= 0.3 is 5.97 Å². The highest BCUT2D eigenvalue weighted by molar-refractivity contribution is 5.92. The third-order valence-electron chi connectivity index (χ3n) is 3.98. The van der Waals surface area contributed by atoms with Crippen LogP contribution in [0, 0.1) is 5.92 Å². The molecule has 3 rings (SSSR count). The smallest absolute Gasteiger partial charge is 0.325 e. The molecule has 1 aliphatic heterocycles. The maximum Gasteiger partial charge on any atom is 0.325 e. The lowest BCUT2D eigenvalue weighted by molar-refractivity contribution is -0.137. The van der Waals surface area contributed by atoms with Gasteiger partial charge in [-0.2, -0.15) is 5.10 Å². The Bertz CT molecular complexity index is 714. The lowest BCUT2D eigenvalue weighted by Gasteiger charge is -2.31. The number of carboxylic acids is 1. The molecule has 1 aliphatic rings. The van der Waals surface area contributed by atoms with E-state index in [1.807, 2.05) is 30.3 Å². The zero-order chi connectivity index (χ0) is 16.9. The van der Waals surface area contributed by atoms with E-state index >= 15 is 0 Å². The van der Waals surface area contributed by atoms with E-state index in [4.69, 9.17) is 9.84 Å². The minimum absolute atomic E-state index is 0.163. The van der Waals surface area contributed by atoms with E-state index in [2.05, 4.69) is 10.4 Å². The Morgan fingerprint density at radius 2 is 2.08 bits per heavy atom. The summed E-state index contributed by atoms with van der Waals surface area (Å²) in [7, 11) is 0. The molecule has 24 heavy (non-hydrogen) atoms. The Morgan fingerprint density at radius 1 is 1.29 bits per heavy atom. The van der Waals surface area contributed by atoms with E-state index in [-0.39, 0.29) is 24.5 Å². The van der Waals surface area contributed by atoms with Crippen molar-refractivity contribution in [1.82, 2.24) is 9.78 Å². The van der Waals surface area contributed by atoms with Crippen LogP contribution in [0.25, 0.3) is 0 Å². The summed E-state index contributed by atoms with van der Waals surface area (Å²) < 4.78 is 7.10. The molecule has 1 saturated heterocycles. The molecule has 1 aromatic heterocycles. The summed E-state index contributed by atoms with van der Waals surface area (Å²) in [4.78, 5) is 23.3. The summed E-state index contributed by atoms with van der Waals surface area (Å²) in [5, 5.41) is 15.6. The molecule has 0 bridgehead atoms. The number of nitrogens with zero attached hydrogens (tertiary/aromatic N) is 2. The molecular weight excluding hydrogens is 310 g/mol. The predicted molar refractivity (Wildman–Crippen MR) is 86.4 cm³/mol. The van der Waals surface area contributed by atoms with Crippen LogP contribution in [-0.2, 0) is 20.9 Å². The molecule has 126 valence electrons. The summed E-state index contributed by atoms with van der Waals surface area (Å²) in [6.07, 6.45) is 2.81. The molecule has 0 aliphatic carbocycles. The Hall–Kier alpha value is -2.67. The molecule has 7 nitrogen and oxygen atoms in total. The van der Waals surface area contributed by atoms with Gasteiger partial charge < -0.3 is 15.2 Å². The molecule has 0 spiro atoms. The third kappa shape index (κ3) is 3.80. The van der Waals surface area contributed by atoms with E-state index in [1.165, 1.54) is 10.9 Å². The van der Waals surface area contributed by atoms with Crippen LogP contribution in [0.2, 0.25) is 0 Å². The first-order chi connectivity index (χ1) is 11.6. The summed E-state index contributed by atoms with van der Waals surface area (Å²) in [5.41, 5.74) is 0.980. The molecule has 1 amide bonds. The first kappa shape index (κ1) is 16.2. The molecule has 2 N–H and O–H groups in total. The van der Waals surface area contributed by atoms with Crippen molar-refractivity contribution < 1.29 is 19.4 Å². The van der Waals surface area contributed by atoms with Gasteiger partial charge in [-0.25, -0.2) is 0 Å². The minimum atomic E-state index is -0.985. The Labute approximate surface area is 139 Å². The summed E-state index contributed by atoms with van der Waals surface area (Å²) in [5.74, 6) is -1.10. The van der Waals surface area contributed by atoms with Crippen LogP contribution in [0.15, 0.2) is 42.6 Å². The first-order valence-electron chi connectivity index (χ1n) is 7.86. The maximum absolute atomic E-state index is 12.6. The molecule has 2 heterocycles. The van der Waals surface area contributed by atoms with Gasteiger partial charge in [0.15, 0.2) is 5.82 Å². The van der Waals surface area contributed by atoms with Gasteiger partial charge in [0, 0.05) is 18.9 Å². The van der Waals surface area contributed by atoms with E-state index < -0.39 is 5.97 Å². The average Bonchev–Trinajstić information content (AvgIpc) is 3.01. The number of rotatable bonds is 5. The topological polar surface area (TPSA) is 93.5 Å². The number of anilines is 1. The van der Waals surface area contributed by atoms with E-state index in [0.29, 0.717) is 12.4 Å². The number of hydrogen-bond acceptors (Lipinski definition) is 4. The van der Waals surface area contributed by atoms with Crippen LogP contribution in [0.1, 0.15) is 24.5 Å². The highest BCUT2D eigenvalue weighted by Crippen LogP contribution is 2.34. The molecule has 2 aromatic rings. The number of benzene rings is 1.